The zero-order valence-corrected chi connectivity index (χ0v) is 11.7. The summed E-state index contributed by atoms with van der Waals surface area (Å²) in [6.45, 7) is 6.16. The summed E-state index contributed by atoms with van der Waals surface area (Å²) in [5.74, 6) is 0. The molecule has 0 spiro atoms. The van der Waals surface area contributed by atoms with Gasteiger partial charge in [-0.25, -0.2) is 8.42 Å². The van der Waals surface area contributed by atoms with Crippen LogP contribution in [-0.4, -0.2) is 45.2 Å². The van der Waals surface area contributed by atoms with E-state index in [1.165, 1.54) is 6.26 Å². The lowest BCUT2D eigenvalue weighted by molar-refractivity contribution is 0.199. The Balaban J connectivity index is 2.02. The number of nitrogens with one attached hydrogen (secondary N) is 1. The van der Waals surface area contributed by atoms with Gasteiger partial charge in [0.25, 0.3) is 0 Å². The second-order valence-electron chi connectivity index (χ2n) is 5.01. The minimum absolute atomic E-state index is 0.389. The second-order valence-corrected chi connectivity index (χ2v) is 7.02. The van der Waals surface area contributed by atoms with Crippen molar-refractivity contribution in [3.63, 3.8) is 0 Å². The van der Waals surface area contributed by atoms with Crippen molar-refractivity contribution in [1.82, 2.24) is 10.2 Å². The summed E-state index contributed by atoms with van der Waals surface area (Å²) in [4.78, 5) is 2.77. The highest BCUT2D eigenvalue weighted by atomic mass is 32.2. The number of hydrogen-bond acceptors (Lipinski definition) is 4. The lowest BCUT2D eigenvalue weighted by Gasteiger charge is -2.31. The van der Waals surface area contributed by atoms with E-state index in [1.807, 2.05) is 12.1 Å². The Bertz CT molecular complexity index is 496. The van der Waals surface area contributed by atoms with E-state index >= 15 is 0 Å². The van der Waals surface area contributed by atoms with Gasteiger partial charge in [-0.15, -0.1) is 0 Å². The van der Waals surface area contributed by atoms with Crippen LogP contribution in [0, 0.1) is 0 Å². The van der Waals surface area contributed by atoms with Gasteiger partial charge in [-0.05, 0) is 24.6 Å². The van der Waals surface area contributed by atoms with Gasteiger partial charge in [0.15, 0.2) is 9.84 Å². The zero-order chi connectivity index (χ0) is 13.2. The number of hydrogen-bond donors (Lipinski definition) is 1. The Kier molecular flexibility index (Phi) is 4.04. The maximum absolute atomic E-state index is 11.4. The van der Waals surface area contributed by atoms with Crippen molar-refractivity contribution < 1.29 is 8.42 Å². The Morgan fingerprint density at radius 1 is 1.33 bits per heavy atom. The van der Waals surface area contributed by atoms with Crippen molar-refractivity contribution in [2.24, 2.45) is 0 Å². The van der Waals surface area contributed by atoms with Crippen LogP contribution in [0.1, 0.15) is 12.5 Å². The normalized spacial score (nSPS) is 22.0. The number of nitrogens with zero attached hydrogens (tertiary/aromatic N) is 1. The van der Waals surface area contributed by atoms with E-state index in [-0.39, 0.29) is 0 Å². The molecular weight excluding hydrogens is 248 g/mol. The SMILES string of the molecule is CC1CN(Cc2ccc(S(C)(=O)=O)cc2)CCN1. The zero-order valence-electron chi connectivity index (χ0n) is 10.9. The molecule has 0 bridgehead atoms. The van der Waals surface area contributed by atoms with Gasteiger partial charge < -0.3 is 5.32 Å². The Hall–Kier alpha value is -0.910. The summed E-state index contributed by atoms with van der Waals surface area (Å²) in [6, 6.07) is 7.72. The topological polar surface area (TPSA) is 49.4 Å². The van der Waals surface area contributed by atoms with Crippen molar-refractivity contribution in [2.45, 2.75) is 24.4 Å². The van der Waals surface area contributed by atoms with Crippen LogP contribution in [0.25, 0.3) is 0 Å². The van der Waals surface area contributed by atoms with E-state index in [2.05, 4.69) is 17.1 Å². The average molecular weight is 268 g/mol. The number of rotatable bonds is 3. The number of sulfone groups is 1. The summed E-state index contributed by atoms with van der Waals surface area (Å²) in [6.07, 6.45) is 1.24. The molecule has 1 heterocycles. The summed E-state index contributed by atoms with van der Waals surface area (Å²) in [5, 5.41) is 3.41. The molecule has 2 rings (SSSR count). The Morgan fingerprint density at radius 3 is 2.56 bits per heavy atom. The third-order valence-corrected chi connectivity index (χ3v) is 4.34. The molecule has 0 aliphatic carbocycles. The van der Waals surface area contributed by atoms with Gasteiger partial charge in [-0.2, -0.15) is 0 Å². The minimum atomic E-state index is -3.09. The standard InChI is InChI=1S/C13H20N2O2S/c1-11-9-15(8-7-14-11)10-12-3-5-13(6-4-12)18(2,16)17/h3-6,11,14H,7-10H2,1-2H3. The van der Waals surface area contributed by atoms with Crippen LogP contribution in [-0.2, 0) is 16.4 Å². The molecule has 1 aliphatic rings. The lowest BCUT2D eigenvalue weighted by Crippen LogP contribution is -2.48. The fourth-order valence-corrected chi connectivity index (χ4v) is 2.89. The van der Waals surface area contributed by atoms with Crippen LogP contribution in [0.5, 0.6) is 0 Å². The predicted octanol–water partition coefficient (Wildman–Crippen LogP) is 0.884. The molecule has 18 heavy (non-hydrogen) atoms. The molecule has 1 saturated heterocycles. The highest BCUT2D eigenvalue weighted by Crippen LogP contribution is 2.12. The molecule has 100 valence electrons. The van der Waals surface area contributed by atoms with Crippen LogP contribution in [0.15, 0.2) is 29.2 Å². The van der Waals surface area contributed by atoms with Crippen LogP contribution in [0.3, 0.4) is 0 Å². The van der Waals surface area contributed by atoms with Gasteiger partial charge in [0.2, 0.25) is 0 Å². The second kappa shape index (κ2) is 5.38. The molecule has 4 nitrogen and oxygen atoms in total. The van der Waals surface area contributed by atoms with Gasteiger partial charge in [-0.3, -0.25) is 4.90 Å². The lowest BCUT2D eigenvalue weighted by atomic mass is 10.1. The van der Waals surface area contributed by atoms with Crippen molar-refractivity contribution in [3.8, 4) is 0 Å². The number of piperazine rings is 1. The van der Waals surface area contributed by atoms with Crippen molar-refractivity contribution >= 4 is 9.84 Å². The molecule has 1 aromatic carbocycles. The van der Waals surface area contributed by atoms with Gasteiger partial charge in [-0.1, -0.05) is 12.1 Å². The maximum atomic E-state index is 11.4. The van der Waals surface area contributed by atoms with Gasteiger partial charge in [0.05, 0.1) is 4.90 Å². The first kappa shape index (κ1) is 13.5. The molecule has 1 atom stereocenters. The molecule has 1 aliphatic heterocycles. The fraction of sp³-hybridized carbons (Fsp3) is 0.538. The molecule has 1 unspecified atom stereocenters. The van der Waals surface area contributed by atoms with Gasteiger partial charge in [0.1, 0.15) is 0 Å². The van der Waals surface area contributed by atoms with E-state index in [1.54, 1.807) is 12.1 Å². The first-order chi connectivity index (χ1) is 8.45. The monoisotopic (exact) mass is 268 g/mol. The van der Waals surface area contributed by atoms with E-state index in [9.17, 15) is 8.42 Å². The summed E-state index contributed by atoms with van der Waals surface area (Å²) < 4.78 is 22.7. The van der Waals surface area contributed by atoms with Crippen LogP contribution in [0.2, 0.25) is 0 Å². The Morgan fingerprint density at radius 2 is 2.00 bits per heavy atom. The third kappa shape index (κ3) is 3.54. The Labute approximate surface area is 109 Å². The van der Waals surface area contributed by atoms with E-state index < -0.39 is 9.84 Å². The van der Waals surface area contributed by atoms with E-state index in [0.29, 0.717) is 10.9 Å². The highest BCUT2D eigenvalue weighted by molar-refractivity contribution is 7.90. The molecule has 1 aromatic rings. The molecule has 5 heteroatoms. The first-order valence-corrected chi connectivity index (χ1v) is 8.09. The smallest absolute Gasteiger partial charge is 0.175 e. The third-order valence-electron chi connectivity index (χ3n) is 3.21. The highest BCUT2D eigenvalue weighted by Gasteiger charge is 2.15. The first-order valence-electron chi connectivity index (χ1n) is 6.20. The predicted molar refractivity (Wildman–Crippen MR) is 72.3 cm³/mol. The molecular formula is C13H20N2O2S. The van der Waals surface area contributed by atoms with Crippen LogP contribution < -0.4 is 5.32 Å². The molecule has 0 radical (unpaired) electrons. The van der Waals surface area contributed by atoms with Crippen molar-refractivity contribution in [1.29, 1.82) is 0 Å². The van der Waals surface area contributed by atoms with Crippen LogP contribution in [0.4, 0.5) is 0 Å². The molecule has 0 amide bonds. The maximum Gasteiger partial charge on any atom is 0.175 e. The van der Waals surface area contributed by atoms with Crippen LogP contribution >= 0.6 is 0 Å². The fourth-order valence-electron chi connectivity index (χ4n) is 2.26. The van der Waals surface area contributed by atoms with E-state index in [0.717, 1.165) is 31.7 Å². The molecule has 0 aromatic heterocycles. The summed E-state index contributed by atoms with van der Waals surface area (Å²) in [7, 11) is -3.09. The summed E-state index contributed by atoms with van der Waals surface area (Å²) >= 11 is 0. The average Bonchev–Trinajstić information content (AvgIpc) is 2.28. The number of benzene rings is 1. The quantitative estimate of drug-likeness (QED) is 0.884. The largest absolute Gasteiger partial charge is 0.312 e. The summed E-state index contributed by atoms with van der Waals surface area (Å²) in [5.41, 5.74) is 1.16. The molecule has 1 fully saturated rings. The molecule has 0 saturated carbocycles. The van der Waals surface area contributed by atoms with Gasteiger partial charge in [0, 0.05) is 38.5 Å². The molecule has 1 N–H and O–H groups in total. The van der Waals surface area contributed by atoms with E-state index in [4.69, 9.17) is 0 Å². The minimum Gasteiger partial charge on any atom is -0.312 e. The van der Waals surface area contributed by atoms with Crippen molar-refractivity contribution in [3.05, 3.63) is 29.8 Å². The van der Waals surface area contributed by atoms with Crippen molar-refractivity contribution in [2.75, 3.05) is 25.9 Å². The van der Waals surface area contributed by atoms with Gasteiger partial charge >= 0.3 is 0 Å².